The van der Waals surface area contributed by atoms with E-state index < -0.39 is 25.6 Å². The van der Waals surface area contributed by atoms with Gasteiger partial charge in [-0.05, 0) is 31.5 Å². The molecule has 2 N–H and O–H groups in total. The lowest BCUT2D eigenvalue weighted by atomic mass is 9.99. The SMILES string of the molecule is COCC1(CNS(=O)(=O)c2ccccc2S(=O)(=O)N(C)C)CCCN1. The maximum absolute atomic E-state index is 12.8. The van der Waals surface area contributed by atoms with Gasteiger partial charge in [-0.15, -0.1) is 0 Å². The van der Waals surface area contributed by atoms with Crippen LogP contribution in [0.5, 0.6) is 0 Å². The first-order valence-corrected chi connectivity index (χ1v) is 10.8. The van der Waals surface area contributed by atoms with Crippen LogP contribution in [0.4, 0.5) is 0 Å². The summed E-state index contributed by atoms with van der Waals surface area (Å²) in [6.07, 6.45) is 1.71. The van der Waals surface area contributed by atoms with Gasteiger partial charge in [0.25, 0.3) is 0 Å². The first kappa shape index (κ1) is 20.3. The maximum atomic E-state index is 12.8. The van der Waals surface area contributed by atoms with Crippen LogP contribution < -0.4 is 10.0 Å². The lowest BCUT2D eigenvalue weighted by Crippen LogP contribution is -2.53. The second kappa shape index (κ2) is 7.68. The Morgan fingerprint density at radius 2 is 1.84 bits per heavy atom. The molecule has 0 aromatic heterocycles. The summed E-state index contributed by atoms with van der Waals surface area (Å²) in [5.74, 6) is 0. The molecule has 1 aliphatic rings. The van der Waals surface area contributed by atoms with Crippen LogP contribution in [0.3, 0.4) is 0 Å². The Kier molecular flexibility index (Phi) is 6.23. The van der Waals surface area contributed by atoms with Gasteiger partial charge in [0, 0.05) is 27.7 Å². The minimum Gasteiger partial charge on any atom is -0.383 e. The summed E-state index contributed by atoms with van der Waals surface area (Å²) in [7, 11) is -3.59. The van der Waals surface area contributed by atoms with E-state index in [0.29, 0.717) is 6.61 Å². The quantitative estimate of drug-likeness (QED) is 0.646. The molecule has 142 valence electrons. The molecular formula is C15H25N3O5S2. The molecule has 1 aromatic carbocycles. The van der Waals surface area contributed by atoms with Crippen molar-refractivity contribution < 1.29 is 21.6 Å². The lowest BCUT2D eigenvalue weighted by molar-refractivity contribution is 0.122. The maximum Gasteiger partial charge on any atom is 0.243 e. The third-order valence-electron chi connectivity index (χ3n) is 4.25. The van der Waals surface area contributed by atoms with Gasteiger partial charge in [0.15, 0.2) is 0 Å². The second-order valence-electron chi connectivity index (χ2n) is 6.30. The van der Waals surface area contributed by atoms with E-state index in [0.717, 1.165) is 23.7 Å². The monoisotopic (exact) mass is 391 g/mol. The fourth-order valence-corrected chi connectivity index (χ4v) is 5.69. The number of nitrogens with zero attached hydrogens (tertiary/aromatic N) is 1. The van der Waals surface area contributed by atoms with Crippen molar-refractivity contribution in [2.45, 2.75) is 28.2 Å². The Bertz CT molecular complexity index is 800. The van der Waals surface area contributed by atoms with Gasteiger partial charge in [0.05, 0.1) is 12.1 Å². The Morgan fingerprint density at radius 3 is 2.36 bits per heavy atom. The standard InChI is InChI=1S/C15H25N3O5S2/c1-18(2)25(21,22)14-8-5-4-7-13(14)24(19,20)17-11-15(12-23-3)9-6-10-16-15/h4-5,7-8,16-17H,6,9-12H2,1-3H3. The lowest BCUT2D eigenvalue weighted by Gasteiger charge is -2.29. The number of sulfonamides is 2. The van der Waals surface area contributed by atoms with E-state index in [9.17, 15) is 16.8 Å². The summed E-state index contributed by atoms with van der Waals surface area (Å²) in [5.41, 5.74) is -0.475. The second-order valence-corrected chi connectivity index (χ2v) is 10.2. The van der Waals surface area contributed by atoms with E-state index in [4.69, 9.17) is 4.74 Å². The smallest absolute Gasteiger partial charge is 0.243 e. The van der Waals surface area contributed by atoms with E-state index in [1.807, 2.05) is 0 Å². The van der Waals surface area contributed by atoms with Gasteiger partial charge in [0.2, 0.25) is 20.0 Å². The fourth-order valence-electron chi connectivity index (χ4n) is 2.86. The molecule has 10 heteroatoms. The molecule has 1 aromatic rings. The fraction of sp³-hybridized carbons (Fsp3) is 0.600. The van der Waals surface area contributed by atoms with E-state index >= 15 is 0 Å². The molecule has 0 radical (unpaired) electrons. The van der Waals surface area contributed by atoms with Crippen LogP contribution in [0.25, 0.3) is 0 Å². The number of hydrogen-bond donors (Lipinski definition) is 2. The van der Waals surface area contributed by atoms with Crippen LogP contribution in [0, 0.1) is 0 Å². The van der Waals surface area contributed by atoms with Gasteiger partial charge in [-0.25, -0.2) is 25.9 Å². The zero-order chi connectivity index (χ0) is 18.7. The first-order chi connectivity index (χ1) is 11.6. The highest BCUT2D eigenvalue weighted by Gasteiger charge is 2.36. The summed E-state index contributed by atoms with van der Waals surface area (Å²) in [6.45, 7) is 1.28. The third-order valence-corrected chi connectivity index (χ3v) is 7.71. The van der Waals surface area contributed by atoms with Crippen LogP contribution >= 0.6 is 0 Å². The van der Waals surface area contributed by atoms with E-state index in [-0.39, 0.29) is 16.3 Å². The van der Waals surface area contributed by atoms with E-state index in [1.54, 1.807) is 7.11 Å². The van der Waals surface area contributed by atoms with Crippen LogP contribution in [-0.2, 0) is 24.8 Å². The van der Waals surface area contributed by atoms with Crippen LogP contribution in [-0.4, -0.2) is 67.6 Å². The Hall–Kier alpha value is -1.04. The van der Waals surface area contributed by atoms with Crippen LogP contribution in [0.1, 0.15) is 12.8 Å². The summed E-state index contributed by atoms with van der Waals surface area (Å²) >= 11 is 0. The number of hydrogen-bond acceptors (Lipinski definition) is 6. The predicted octanol–water partition coefficient (Wildman–Crippen LogP) is -0.0162. The largest absolute Gasteiger partial charge is 0.383 e. The average molecular weight is 392 g/mol. The summed E-state index contributed by atoms with van der Waals surface area (Å²) in [4.78, 5) is -0.498. The van der Waals surface area contributed by atoms with Crippen molar-refractivity contribution in [2.75, 3.05) is 40.9 Å². The highest BCUT2D eigenvalue weighted by Crippen LogP contribution is 2.24. The molecule has 0 spiro atoms. The summed E-state index contributed by atoms with van der Waals surface area (Å²) < 4.78 is 59.1. The molecule has 0 amide bonds. The van der Waals surface area contributed by atoms with Crippen molar-refractivity contribution in [3.05, 3.63) is 24.3 Å². The van der Waals surface area contributed by atoms with E-state index in [1.165, 1.54) is 38.4 Å². The van der Waals surface area contributed by atoms with Crippen molar-refractivity contribution in [2.24, 2.45) is 0 Å². The zero-order valence-corrected chi connectivity index (χ0v) is 16.3. The van der Waals surface area contributed by atoms with Gasteiger partial charge in [-0.1, -0.05) is 12.1 Å². The molecule has 0 bridgehead atoms. The Balaban J connectivity index is 2.32. The highest BCUT2D eigenvalue weighted by atomic mass is 32.2. The van der Waals surface area contributed by atoms with Crippen molar-refractivity contribution >= 4 is 20.0 Å². The van der Waals surface area contributed by atoms with Crippen molar-refractivity contribution in [3.8, 4) is 0 Å². The van der Waals surface area contributed by atoms with Crippen molar-refractivity contribution in [1.82, 2.24) is 14.3 Å². The number of benzene rings is 1. The Morgan fingerprint density at radius 1 is 1.20 bits per heavy atom. The van der Waals surface area contributed by atoms with Crippen molar-refractivity contribution in [1.29, 1.82) is 0 Å². The molecule has 1 aliphatic heterocycles. The molecule has 0 aliphatic carbocycles. The molecule has 8 nitrogen and oxygen atoms in total. The number of ether oxygens (including phenoxy) is 1. The van der Waals surface area contributed by atoms with Gasteiger partial charge in [-0.3, -0.25) is 0 Å². The summed E-state index contributed by atoms with van der Waals surface area (Å²) in [6, 6.07) is 5.59. The van der Waals surface area contributed by atoms with Gasteiger partial charge in [0.1, 0.15) is 9.79 Å². The highest BCUT2D eigenvalue weighted by molar-refractivity contribution is 7.92. The molecule has 0 saturated carbocycles. The average Bonchev–Trinajstić information content (AvgIpc) is 3.02. The molecule has 1 saturated heterocycles. The molecule has 1 fully saturated rings. The first-order valence-electron chi connectivity index (χ1n) is 7.90. The molecule has 1 unspecified atom stereocenters. The minimum absolute atomic E-state index is 0.125. The molecule has 1 heterocycles. The third kappa shape index (κ3) is 4.39. The Labute approximate surface area is 149 Å². The van der Waals surface area contributed by atoms with Crippen molar-refractivity contribution in [3.63, 3.8) is 0 Å². The predicted molar refractivity (Wildman–Crippen MR) is 94.3 cm³/mol. The van der Waals surface area contributed by atoms with Gasteiger partial charge in [-0.2, -0.15) is 0 Å². The number of methoxy groups -OCH3 is 1. The van der Waals surface area contributed by atoms with Gasteiger partial charge < -0.3 is 10.1 Å². The molecule has 25 heavy (non-hydrogen) atoms. The minimum atomic E-state index is -4.00. The van der Waals surface area contributed by atoms with Crippen LogP contribution in [0.15, 0.2) is 34.1 Å². The van der Waals surface area contributed by atoms with Gasteiger partial charge >= 0.3 is 0 Å². The zero-order valence-electron chi connectivity index (χ0n) is 14.6. The van der Waals surface area contributed by atoms with Crippen LogP contribution in [0.2, 0.25) is 0 Å². The molecule has 2 rings (SSSR count). The normalized spacial score (nSPS) is 21.8. The summed E-state index contributed by atoms with van der Waals surface area (Å²) in [5, 5.41) is 3.28. The van der Waals surface area contributed by atoms with E-state index in [2.05, 4.69) is 10.0 Å². The molecule has 1 atom stereocenters. The number of rotatable bonds is 8. The molecular weight excluding hydrogens is 366 g/mol. The topological polar surface area (TPSA) is 105 Å². The number of nitrogens with one attached hydrogen (secondary N) is 2.